The molecule has 3 heterocycles. The van der Waals surface area contributed by atoms with Crippen molar-refractivity contribution in [3.63, 3.8) is 0 Å². The molecule has 2 aromatic carbocycles. The van der Waals surface area contributed by atoms with E-state index in [0.29, 0.717) is 31.9 Å². The first-order valence-corrected chi connectivity index (χ1v) is 17.4. The van der Waals surface area contributed by atoms with Crippen molar-refractivity contribution in [2.75, 3.05) is 32.8 Å². The van der Waals surface area contributed by atoms with Crippen molar-refractivity contribution in [1.82, 2.24) is 19.4 Å². The molecule has 1 aromatic heterocycles. The van der Waals surface area contributed by atoms with Crippen molar-refractivity contribution in [2.24, 2.45) is 17.8 Å². The monoisotopic (exact) mass is 724 g/mol. The Kier molecular flexibility index (Phi) is 12.0. The Bertz CT molecular complexity index is 1750. The Hall–Kier alpha value is -4.85. The lowest BCUT2D eigenvalue weighted by molar-refractivity contribution is -0.160. The summed E-state index contributed by atoms with van der Waals surface area (Å²) in [4.78, 5) is 60.2. The lowest BCUT2D eigenvalue weighted by Gasteiger charge is -2.41. The number of nitrogens with zero attached hydrogens (tertiary/aromatic N) is 4. The van der Waals surface area contributed by atoms with Crippen molar-refractivity contribution in [1.29, 1.82) is 0 Å². The number of imidazole rings is 1. The lowest BCUT2D eigenvalue weighted by atomic mass is 9.87. The standard InChI is InChI=1S/C38H46F2N4O8/c1-23(51-24(2)45)35(46)44(20-27-19-43(21-30(27)36(47)48)37(49)52-38(3,4)5)33(26-13-15-50-16-14-26)34-41-32(29-17-28(39)11-12-31(29)40)22-42(34)18-25-9-7-6-8-10-25/h6-12,17,22-23,26-27,30,33H,13-16,18-21H2,1-5H3,(H,47,48)/t23-,27-,30+,33+/m0/s1. The first kappa shape index (κ1) is 38.4. The number of esters is 1. The molecule has 1 N–H and O–H groups in total. The maximum atomic E-state index is 15.2. The largest absolute Gasteiger partial charge is 0.481 e. The zero-order valence-electron chi connectivity index (χ0n) is 30.1. The molecule has 2 saturated heterocycles. The van der Waals surface area contributed by atoms with Crippen LogP contribution in [0.1, 0.15) is 64.9 Å². The van der Waals surface area contributed by atoms with Gasteiger partial charge in [0.15, 0.2) is 6.10 Å². The molecule has 0 radical (unpaired) electrons. The van der Waals surface area contributed by atoms with Crippen LogP contribution < -0.4 is 0 Å². The average molecular weight is 725 g/mol. The Morgan fingerprint density at radius 1 is 1.06 bits per heavy atom. The summed E-state index contributed by atoms with van der Waals surface area (Å²) in [7, 11) is 0. The second-order valence-electron chi connectivity index (χ2n) is 14.4. The summed E-state index contributed by atoms with van der Waals surface area (Å²) in [6.45, 7) is 8.48. The van der Waals surface area contributed by atoms with Gasteiger partial charge in [-0.2, -0.15) is 0 Å². The van der Waals surface area contributed by atoms with Crippen molar-refractivity contribution in [2.45, 2.75) is 71.8 Å². The predicted molar refractivity (Wildman–Crippen MR) is 185 cm³/mol. The van der Waals surface area contributed by atoms with Gasteiger partial charge in [0.2, 0.25) is 0 Å². The van der Waals surface area contributed by atoms with Gasteiger partial charge in [0.1, 0.15) is 23.1 Å². The highest BCUT2D eigenvalue weighted by Crippen LogP contribution is 2.39. The number of aliphatic carboxylic acids is 1. The van der Waals surface area contributed by atoms with Crippen molar-refractivity contribution in [3.8, 4) is 11.3 Å². The molecule has 14 heteroatoms. The Morgan fingerprint density at radius 2 is 1.75 bits per heavy atom. The van der Waals surface area contributed by atoms with Crippen LogP contribution in [0.3, 0.4) is 0 Å². The predicted octanol–water partition coefficient (Wildman–Crippen LogP) is 5.69. The molecule has 0 aliphatic carbocycles. The SMILES string of the molecule is CC(=O)O[C@@H](C)C(=O)N(C[C@@H]1CN(C(=O)OC(C)(C)C)C[C@H]1C(=O)O)[C@@H](c1nc(-c2cc(F)ccc2F)cn1Cc1ccccc1)C1CCOCC1. The molecule has 0 unspecified atom stereocenters. The summed E-state index contributed by atoms with van der Waals surface area (Å²) in [5, 5.41) is 10.3. The molecule has 5 rings (SSSR count). The van der Waals surface area contributed by atoms with Gasteiger partial charge in [-0.15, -0.1) is 0 Å². The number of rotatable bonds is 11. The van der Waals surface area contributed by atoms with E-state index in [4.69, 9.17) is 19.2 Å². The van der Waals surface area contributed by atoms with E-state index in [9.17, 15) is 28.7 Å². The van der Waals surface area contributed by atoms with E-state index >= 15 is 4.39 Å². The molecule has 52 heavy (non-hydrogen) atoms. The minimum atomic E-state index is -1.26. The number of hydrogen-bond donors (Lipinski definition) is 1. The molecule has 0 spiro atoms. The van der Waals surface area contributed by atoms with Crippen LogP contribution in [-0.4, -0.2) is 92.9 Å². The third-order valence-corrected chi connectivity index (χ3v) is 9.33. The molecular weight excluding hydrogens is 678 g/mol. The van der Waals surface area contributed by atoms with Crippen LogP contribution in [0.2, 0.25) is 0 Å². The molecule has 3 aromatic rings. The van der Waals surface area contributed by atoms with Gasteiger partial charge in [0, 0.05) is 64.0 Å². The maximum absolute atomic E-state index is 15.2. The fourth-order valence-corrected chi connectivity index (χ4v) is 6.97. The van der Waals surface area contributed by atoms with Gasteiger partial charge in [-0.1, -0.05) is 30.3 Å². The molecule has 12 nitrogen and oxygen atoms in total. The third-order valence-electron chi connectivity index (χ3n) is 9.33. The fraction of sp³-hybridized carbons (Fsp3) is 0.500. The molecule has 2 amide bonds. The number of carboxylic acid groups (broad SMARTS) is 1. The van der Waals surface area contributed by atoms with E-state index < -0.39 is 65.2 Å². The number of carbonyl (C=O) groups is 4. The fourth-order valence-electron chi connectivity index (χ4n) is 6.97. The van der Waals surface area contributed by atoms with Gasteiger partial charge in [-0.25, -0.2) is 18.6 Å². The lowest BCUT2D eigenvalue weighted by Crippen LogP contribution is -2.49. The molecule has 280 valence electrons. The number of amides is 2. The van der Waals surface area contributed by atoms with Crippen LogP contribution in [0.15, 0.2) is 54.7 Å². The first-order valence-electron chi connectivity index (χ1n) is 17.4. The van der Waals surface area contributed by atoms with Crippen molar-refractivity contribution < 1.29 is 47.3 Å². The second-order valence-corrected chi connectivity index (χ2v) is 14.4. The number of halogens is 2. The highest BCUT2D eigenvalue weighted by molar-refractivity contribution is 5.84. The highest BCUT2D eigenvalue weighted by atomic mass is 19.1. The molecule has 2 aliphatic rings. The van der Waals surface area contributed by atoms with E-state index in [1.165, 1.54) is 23.6 Å². The summed E-state index contributed by atoms with van der Waals surface area (Å²) in [5.74, 6) is -5.50. The second kappa shape index (κ2) is 16.2. The molecule has 4 atom stereocenters. The first-order chi connectivity index (χ1) is 24.6. The van der Waals surface area contributed by atoms with Gasteiger partial charge >= 0.3 is 18.0 Å². The molecule has 0 bridgehead atoms. The van der Waals surface area contributed by atoms with E-state index in [2.05, 4.69) is 0 Å². The zero-order valence-corrected chi connectivity index (χ0v) is 30.1. The van der Waals surface area contributed by atoms with Gasteiger partial charge in [0.25, 0.3) is 5.91 Å². The Labute approximate surface area is 301 Å². The number of carboxylic acids is 1. The minimum Gasteiger partial charge on any atom is -0.481 e. The van der Waals surface area contributed by atoms with E-state index in [0.717, 1.165) is 23.8 Å². The van der Waals surface area contributed by atoms with E-state index in [1.807, 2.05) is 30.3 Å². The molecular formula is C38H46F2N4O8. The third kappa shape index (κ3) is 9.32. The van der Waals surface area contributed by atoms with Crippen LogP contribution in [0.5, 0.6) is 0 Å². The summed E-state index contributed by atoms with van der Waals surface area (Å²) in [6, 6.07) is 11.7. The number of aromatic nitrogens is 2. The van der Waals surface area contributed by atoms with Crippen molar-refractivity contribution >= 4 is 23.9 Å². The average Bonchev–Trinajstić information content (AvgIpc) is 3.70. The summed E-state index contributed by atoms with van der Waals surface area (Å²) in [5.41, 5.74) is 0.123. The van der Waals surface area contributed by atoms with Crippen LogP contribution in [-0.2, 0) is 35.1 Å². The molecule has 2 aliphatic heterocycles. The van der Waals surface area contributed by atoms with E-state index in [-0.39, 0.29) is 43.4 Å². The van der Waals surface area contributed by atoms with Crippen molar-refractivity contribution in [3.05, 3.63) is 77.8 Å². The molecule has 2 fully saturated rings. The number of benzene rings is 2. The number of hydrogen-bond acceptors (Lipinski definition) is 8. The van der Waals surface area contributed by atoms with Gasteiger partial charge < -0.3 is 33.7 Å². The van der Waals surface area contributed by atoms with Crippen LogP contribution in [0.4, 0.5) is 13.6 Å². The molecule has 0 saturated carbocycles. The van der Waals surface area contributed by atoms with Crippen LogP contribution in [0.25, 0.3) is 11.3 Å². The smallest absolute Gasteiger partial charge is 0.410 e. The van der Waals surface area contributed by atoms with Gasteiger partial charge in [-0.3, -0.25) is 14.4 Å². The van der Waals surface area contributed by atoms with Gasteiger partial charge in [-0.05, 0) is 70.2 Å². The zero-order chi connectivity index (χ0) is 37.7. The number of likely N-dealkylation sites (tertiary alicyclic amines) is 1. The van der Waals surface area contributed by atoms with E-state index in [1.54, 1.807) is 31.5 Å². The normalized spacial score (nSPS) is 19.2. The topological polar surface area (TPSA) is 141 Å². The summed E-state index contributed by atoms with van der Waals surface area (Å²) >= 11 is 0. The maximum Gasteiger partial charge on any atom is 0.410 e. The van der Waals surface area contributed by atoms with Gasteiger partial charge in [0.05, 0.1) is 17.7 Å². The Morgan fingerprint density at radius 3 is 2.38 bits per heavy atom. The minimum absolute atomic E-state index is 0.0175. The summed E-state index contributed by atoms with van der Waals surface area (Å²) in [6.07, 6.45) is 0.674. The number of carbonyl (C=O) groups excluding carboxylic acids is 3. The van der Waals surface area contributed by atoms with Crippen LogP contribution >= 0.6 is 0 Å². The number of ether oxygens (including phenoxy) is 3. The van der Waals surface area contributed by atoms with Crippen LogP contribution in [0, 0.1) is 29.4 Å². The Balaban J connectivity index is 1.66. The quantitative estimate of drug-likeness (QED) is 0.247. The summed E-state index contributed by atoms with van der Waals surface area (Å²) < 4.78 is 48.1. The highest BCUT2D eigenvalue weighted by Gasteiger charge is 2.46.